The van der Waals surface area contributed by atoms with Gasteiger partial charge in [0.2, 0.25) is 5.91 Å². The molecule has 1 atom stereocenters. The Labute approximate surface area is 180 Å². The third-order valence-corrected chi connectivity index (χ3v) is 4.93. The van der Waals surface area contributed by atoms with E-state index < -0.39 is 6.03 Å². The molecule has 0 radical (unpaired) electrons. The third kappa shape index (κ3) is 6.43. The molecule has 9 heteroatoms. The number of benzene rings is 2. The van der Waals surface area contributed by atoms with Crippen LogP contribution in [-0.2, 0) is 4.79 Å². The molecule has 2 aromatic carbocycles. The van der Waals surface area contributed by atoms with E-state index in [1.807, 2.05) is 6.92 Å². The van der Waals surface area contributed by atoms with Gasteiger partial charge in [-0.15, -0.1) is 0 Å². The molecule has 0 bridgehead atoms. The first kappa shape index (κ1) is 22.1. The number of nitrogens with one attached hydrogen (secondary N) is 4. The van der Waals surface area contributed by atoms with Crippen molar-refractivity contribution in [1.82, 2.24) is 10.2 Å². The molecule has 1 aliphatic heterocycles. The first-order valence-corrected chi connectivity index (χ1v) is 10.2. The van der Waals surface area contributed by atoms with Crippen molar-refractivity contribution in [3.63, 3.8) is 0 Å². The molecule has 5 amide bonds. The number of nitrogens with zero attached hydrogens (tertiary/aromatic N) is 1. The Balaban J connectivity index is 1.50. The second-order valence-electron chi connectivity index (χ2n) is 7.27. The summed E-state index contributed by atoms with van der Waals surface area (Å²) in [6.07, 6.45) is 1.55. The van der Waals surface area contributed by atoms with Crippen LogP contribution in [0.4, 0.5) is 31.0 Å². The van der Waals surface area contributed by atoms with Gasteiger partial charge < -0.3 is 26.2 Å². The van der Waals surface area contributed by atoms with E-state index in [-0.39, 0.29) is 23.7 Å². The van der Waals surface area contributed by atoms with Gasteiger partial charge in [0.25, 0.3) is 0 Å². The first-order valence-electron chi connectivity index (χ1n) is 10.2. The number of likely N-dealkylation sites (tertiary alicyclic amines) is 1. The molecule has 1 fully saturated rings. The zero-order chi connectivity index (χ0) is 22.2. The van der Waals surface area contributed by atoms with Gasteiger partial charge in [-0.2, -0.15) is 0 Å². The molecule has 0 saturated carbocycles. The fraction of sp³-hybridized carbons (Fsp3) is 0.318. The maximum Gasteiger partial charge on any atom is 0.323 e. The number of amides is 5. The van der Waals surface area contributed by atoms with Gasteiger partial charge in [-0.05, 0) is 68.3 Å². The lowest BCUT2D eigenvalue weighted by Gasteiger charge is -2.32. The van der Waals surface area contributed by atoms with E-state index in [4.69, 9.17) is 0 Å². The van der Waals surface area contributed by atoms with Gasteiger partial charge >= 0.3 is 12.1 Å². The normalized spacial score (nSPS) is 15.7. The zero-order valence-corrected chi connectivity index (χ0v) is 17.3. The van der Waals surface area contributed by atoms with Gasteiger partial charge in [0.15, 0.2) is 0 Å². The number of urea groups is 2. The van der Waals surface area contributed by atoms with E-state index in [1.165, 1.54) is 24.3 Å². The minimum atomic E-state index is -0.465. The topological polar surface area (TPSA) is 103 Å². The lowest BCUT2D eigenvalue weighted by Crippen LogP contribution is -2.46. The van der Waals surface area contributed by atoms with E-state index in [0.29, 0.717) is 36.7 Å². The van der Waals surface area contributed by atoms with Gasteiger partial charge in [0, 0.05) is 36.7 Å². The van der Waals surface area contributed by atoms with Crippen molar-refractivity contribution < 1.29 is 18.8 Å². The quantitative estimate of drug-likeness (QED) is 0.583. The second kappa shape index (κ2) is 10.4. The van der Waals surface area contributed by atoms with Crippen LogP contribution < -0.4 is 21.3 Å². The minimum Gasteiger partial charge on any atom is -0.356 e. The molecule has 8 nitrogen and oxygen atoms in total. The number of piperidine rings is 1. The van der Waals surface area contributed by atoms with Gasteiger partial charge in [-0.1, -0.05) is 0 Å². The maximum absolute atomic E-state index is 12.9. The van der Waals surface area contributed by atoms with Gasteiger partial charge in [-0.25, -0.2) is 14.0 Å². The van der Waals surface area contributed by atoms with Gasteiger partial charge in [-0.3, -0.25) is 4.79 Å². The predicted molar refractivity (Wildman–Crippen MR) is 117 cm³/mol. The minimum absolute atomic E-state index is 0.0191. The highest BCUT2D eigenvalue weighted by Gasteiger charge is 2.28. The zero-order valence-electron chi connectivity index (χ0n) is 17.3. The van der Waals surface area contributed by atoms with Crippen LogP contribution in [0.2, 0.25) is 0 Å². The van der Waals surface area contributed by atoms with Crippen LogP contribution in [0.15, 0.2) is 48.5 Å². The van der Waals surface area contributed by atoms with Crippen LogP contribution in [0.1, 0.15) is 19.8 Å². The molecule has 1 saturated heterocycles. The number of anilines is 3. The Morgan fingerprint density at radius 3 is 2.06 bits per heavy atom. The summed E-state index contributed by atoms with van der Waals surface area (Å²) in [4.78, 5) is 38.3. The van der Waals surface area contributed by atoms with Crippen LogP contribution in [-0.4, -0.2) is 42.5 Å². The fourth-order valence-corrected chi connectivity index (χ4v) is 3.36. The van der Waals surface area contributed by atoms with E-state index in [9.17, 15) is 18.8 Å². The highest BCUT2D eigenvalue weighted by atomic mass is 19.1. The molecule has 0 aromatic heterocycles. The van der Waals surface area contributed by atoms with Crippen LogP contribution in [0.5, 0.6) is 0 Å². The molecule has 1 heterocycles. The average Bonchev–Trinajstić information content (AvgIpc) is 2.77. The molecular weight excluding hydrogens is 401 g/mol. The summed E-state index contributed by atoms with van der Waals surface area (Å²) in [5.74, 6) is -0.590. The monoisotopic (exact) mass is 427 g/mol. The summed E-state index contributed by atoms with van der Waals surface area (Å²) in [7, 11) is 0. The SMILES string of the molecule is CCNC(=O)[C@H]1CCCN(C(=O)Nc2ccc(NC(=O)Nc3ccc(F)cc3)cc2)C1. The van der Waals surface area contributed by atoms with Crippen molar-refractivity contribution in [3.8, 4) is 0 Å². The molecule has 0 spiro atoms. The number of hydrogen-bond donors (Lipinski definition) is 4. The molecule has 0 unspecified atom stereocenters. The Morgan fingerprint density at radius 1 is 0.935 bits per heavy atom. The van der Waals surface area contributed by atoms with Crippen molar-refractivity contribution in [1.29, 1.82) is 0 Å². The van der Waals surface area contributed by atoms with Crippen molar-refractivity contribution in [2.75, 3.05) is 35.6 Å². The van der Waals surface area contributed by atoms with Crippen molar-refractivity contribution >= 4 is 35.0 Å². The predicted octanol–water partition coefficient (Wildman–Crippen LogP) is 3.85. The number of carbonyl (C=O) groups excluding carboxylic acids is 3. The fourth-order valence-electron chi connectivity index (χ4n) is 3.36. The molecule has 4 N–H and O–H groups in total. The molecule has 2 aromatic rings. The summed E-state index contributed by atoms with van der Waals surface area (Å²) in [5, 5.41) is 10.9. The van der Waals surface area contributed by atoms with Crippen LogP contribution in [0.25, 0.3) is 0 Å². The van der Waals surface area contributed by atoms with Crippen LogP contribution in [0.3, 0.4) is 0 Å². The molecule has 1 aliphatic rings. The largest absolute Gasteiger partial charge is 0.356 e. The smallest absolute Gasteiger partial charge is 0.323 e. The Hall–Kier alpha value is -3.62. The van der Waals surface area contributed by atoms with Crippen LogP contribution in [0, 0.1) is 11.7 Å². The van der Waals surface area contributed by atoms with E-state index in [2.05, 4.69) is 21.3 Å². The van der Waals surface area contributed by atoms with E-state index >= 15 is 0 Å². The van der Waals surface area contributed by atoms with Crippen molar-refractivity contribution in [2.45, 2.75) is 19.8 Å². The lowest BCUT2D eigenvalue weighted by atomic mass is 9.97. The molecule has 0 aliphatic carbocycles. The summed E-state index contributed by atoms with van der Waals surface area (Å²) in [5.41, 5.74) is 1.58. The van der Waals surface area contributed by atoms with Crippen LogP contribution >= 0.6 is 0 Å². The maximum atomic E-state index is 12.9. The number of carbonyl (C=O) groups is 3. The van der Waals surface area contributed by atoms with E-state index in [0.717, 1.165) is 12.8 Å². The summed E-state index contributed by atoms with van der Waals surface area (Å²) < 4.78 is 12.9. The number of hydrogen-bond acceptors (Lipinski definition) is 3. The average molecular weight is 427 g/mol. The highest BCUT2D eigenvalue weighted by Crippen LogP contribution is 2.19. The summed E-state index contributed by atoms with van der Waals surface area (Å²) in [6, 6.07) is 11.4. The first-order chi connectivity index (χ1) is 14.9. The molecule has 164 valence electrons. The Kier molecular flexibility index (Phi) is 7.42. The summed E-state index contributed by atoms with van der Waals surface area (Å²) >= 11 is 0. The molecule has 3 rings (SSSR count). The lowest BCUT2D eigenvalue weighted by molar-refractivity contribution is -0.126. The number of rotatable bonds is 5. The summed E-state index contributed by atoms with van der Waals surface area (Å²) in [6.45, 7) is 3.44. The Morgan fingerprint density at radius 2 is 1.48 bits per heavy atom. The van der Waals surface area contributed by atoms with Gasteiger partial charge in [0.1, 0.15) is 5.82 Å². The third-order valence-electron chi connectivity index (χ3n) is 4.93. The molecule has 31 heavy (non-hydrogen) atoms. The second-order valence-corrected chi connectivity index (χ2v) is 7.27. The number of halogens is 1. The van der Waals surface area contributed by atoms with Crippen molar-refractivity contribution in [2.24, 2.45) is 5.92 Å². The van der Waals surface area contributed by atoms with Gasteiger partial charge in [0.05, 0.1) is 5.92 Å². The highest BCUT2D eigenvalue weighted by molar-refractivity contribution is 6.00. The standard InChI is InChI=1S/C22H26FN5O3/c1-2-24-20(29)15-4-3-13-28(14-15)22(31)27-19-11-9-18(10-12-19)26-21(30)25-17-7-5-16(23)6-8-17/h5-12,15H,2-4,13-14H2,1H3,(H,24,29)(H,27,31)(H2,25,26,30)/t15-/m0/s1. The van der Waals surface area contributed by atoms with E-state index in [1.54, 1.807) is 29.2 Å². The Bertz CT molecular complexity index is 918. The van der Waals surface area contributed by atoms with Crippen molar-refractivity contribution in [3.05, 3.63) is 54.3 Å². The molecular formula is C22H26FN5O3.